The summed E-state index contributed by atoms with van der Waals surface area (Å²) in [7, 11) is -4.15. The first-order valence-electron chi connectivity index (χ1n) is 4.46. The van der Waals surface area contributed by atoms with Crippen molar-refractivity contribution in [2.24, 2.45) is 0 Å². The summed E-state index contributed by atoms with van der Waals surface area (Å²) in [5.74, 6) is 0. The van der Waals surface area contributed by atoms with Crippen LogP contribution in [0.5, 0.6) is 0 Å². The number of benzene rings is 2. The van der Waals surface area contributed by atoms with Crippen LogP contribution in [-0.2, 0) is 10.1 Å². The summed E-state index contributed by atoms with van der Waals surface area (Å²) < 4.78 is 32.3. The van der Waals surface area contributed by atoms with Crippen LogP contribution in [0.2, 0.25) is 0 Å². The number of hydrogen-bond donors (Lipinski definition) is 1. The summed E-state index contributed by atoms with van der Waals surface area (Å²) in [6.45, 7) is 0. The Morgan fingerprint density at radius 3 is 2.20 bits per heavy atom. The minimum atomic E-state index is -4.15. The first kappa shape index (κ1) is 10.7. The molecule has 3 nitrogen and oxygen atoms in total. The van der Waals surface area contributed by atoms with Gasteiger partial charge in [0, 0.05) is 0 Å². The summed E-state index contributed by atoms with van der Waals surface area (Å²) in [6.07, 6.45) is 0. The molecule has 15 heavy (non-hydrogen) atoms. The maximum atomic E-state index is 11.1. The number of rotatable bonds is 1. The molecule has 0 unspecified atom stereocenters. The zero-order valence-corrected chi connectivity index (χ0v) is 8.95. The number of fused-ring (bicyclic) bond motifs is 1. The summed E-state index contributed by atoms with van der Waals surface area (Å²) in [4.78, 5) is -0.0382. The van der Waals surface area contributed by atoms with Crippen molar-refractivity contribution in [3.05, 3.63) is 36.4 Å². The van der Waals surface area contributed by atoms with Crippen LogP contribution in [0.4, 0.5) is 0 Å². The van der Waals surface area contributed by atoms with Crippen molar-refractivity contribution in [3.63, 3.8) is 0 Å². The maximum absolute atomic E-state index is 11.1. The Kier molecular flexibility index (Phi) is 2.61. The molecule has 0 saturated carbocycles. The van der Waals surface area contributed by atoms with Crippen molar-refractivity contribution in [2.75, 3.05) is 0 Å². The van der Waals surface area contributed by atoms with Gasteiger partial charge in [-0.2, -0.15) is 0 Å². The van der Waals surface area contributed by atoms with Crippen molar-refractivity contribution in [2.45, 2.75) is 4.90 Å². The van der Waals surface area contributed by atoms with Gasteiger partial charge in [-0.25, -0.2) is 0 Å². The molecule has 0 radical (unpaired) electrons. The van der Waals surface area contributed by atoms with Crippen LogP contribution >= 0.6 is 0 Å². The second-order valence-corrected chi connectivity index (χ2v) is 4.79. The average molecular weight is 214 g/mol. The van der Waals surface area contributed by atoms with Gasteiger partial charge >= 0.3 is 97.1 Å². The fourth-order valence-electron chi connectivity index (χ4n) is 1.65. The van der Waals surface area contributed by atoms with E-state index in [1.54, 1.807) is 18.2 Å². The van der Waals surface area contributed by atoms with Crippen LogP contribution in [0, 0.1) is 0 Å². The molecule has 0 fully saturated rings. The van der Waals surface area contributed by atoms with E-state index in [0.717, 1.165) is 9.62 Å². The van der Waals surface area contributed by atoms with E-state index in [0.29, 0.717) is 5.39 Å². The first-order chi connectivity index (χ1) is 7.00. The van der Waals surface area contributed by atoms with Gasteiger partial charge in [-0.3, -0.25) is 0 Å². The molecule has 0 amide bonds. The predicted molar refractivity (Wildman–Crippen MR) is 59.2 cm³/mol. The summed E-state index contributed by atoms with van der Waals surface area (Å²) >= 11 is 1.90. The molecule has 0 bridgehead atoms. The molecular weight excluding hydrogens is 207 g/mol. The Bertz CT molecular complexity index is 620. The van der Waals surface area contributed by atoms with E-state index >= 15 is 0 Å². The van der Waals surface area contributed by atoms with E-state index < -0.39 is 10.1 Å². The van der Waals surface area contributed by atoms with Gasteiger partial charge in [0.25, 0.3) is 0 Å². The topological polar surface area (TPSA) is 54.4 Å². The van der Waals surface area contributed by atoms with Crippen LogP contribution in [0.1, 0.15) is 0 Å². The van der Waals surface area contributed by atoms with Crippen LogP contribution in [-0.4, -0.2) is 30.7 Å². The standard InChI is InChI=1S/C10H7O3S.Li/c11-14(12,13)10-7-3-5-8-4-1-2-6-9(8)10;/h1-4,6-7H,(H,11,12,13);. The third-order valence-electron chi connectivity index (χ3n) is 2.38. The quantitative estimate of drug-likeness (QED) is 0.566. The molecule has 5 heteroatoms. The zero-order chi connectivity index (χ0) is 11.1. The predicted octanol–water partition coefficient (Wildman–Crippen LogP) is 0.880. The van der Waals surface area contributed by atoms with Gasteiger partial charge in [-0.15, -0.1) is 0 Å². The van der Waals surface area contributed by atoms with Gasteiger partial charge in [0.2, 0.25) is 0 Å². The Balaban J connectivity index is 2.96. The normalized spacial score (nSPS) is 11.9. The molecule has 2 aromatic rings. The van der Waals surface area contributed by atoms with E-state index in [-0.39, 0.29) is 4.90 Å². The molecule has 1 N–H and O–H groups in total. The van der Waals surface area contributed by atoms with Gasteiger partial charge in [-0.1, -0.05) is 0 Å². The Morgan fingerprint density at radius 2 is 1.60 bits per heavy atom. The molecular formula is C10H7LiO3S. The molecule has 72 valence electrons. The van der Waals surface area contributed by atoms with E-state index in [4.69, 9.17) is 4.55 Å². The van der Waals surface area contributed by atoms with Crippen molar-refractivity contribution in [3.8, 4) is 0 Å². The SMILES string of the molecule is [Li][c]1ccc(S(=O)(=O)O)c2ccccc12. The monoisotopic (exact) mass is 214 g/mol. The fourth-order valence-corrected chi connectivity index (χ4v) is 2.34. The molecule has 0 aliphatic rings. The third kappa shape index (κ3) is 1.94. The molecule has 0 heterocycles. The molecule has 0 saturated heterocycles. The van der Waals surface area contributed by atoms with E-state index in [9.17, 15) is 8.42 Å². The van der Waals surface area contributed by atoms with E-state index in [1.165, 1.54) is 6.07 Å². The van der Waals surface area contributed by atoms with Crippen molar-refractivity contribution in [1.82, 2.24) is 0 Å². The molecule has 0 spiro atoms. The Labute approximate surface area is 97.1 Å². The Morgan fingerprint density at radius 1 is 1.00 bits per heavy atom. The molecule has 0 aliphatic carbocycles. The fraction of sp³-hybridized carbons (Fsp3) is 0. The van der Waals surface area contributed by atoms with Crippen LogP contribution in [0.3, 0.4) is 0 Å². The second kappa shape index (κ2) is 3.65. The zero-order valence-electron chi connectivity index (χ0n) is 8.14. The molecule has 0 atom stereocenters. The van der Waals surface area contributed by atoms with Crippen molar-refractivity contribution >= 4 is 42.8 Å². The van der Waals surface area contributed by atoms with Gasteiger partial charge in [-0.05, 0) is 0 Å². The summed E-state index contributed by atoms with van der Waals surface area (Å²) in [5, 5.41) is 1.40. The van der Waals surface area contributed by atoms with Gasteiger partial charge in [0.15, 0.2) is 0 Å². The molecule has 2 rings (SSSR count). The molecule has 0 aromatic heterocycles. The van der Waals surface area contributed by atoms with E-state index in [1.807, 2.05) is 29.8 Å². The van der Waals surface area contributed by atoms with Gasteiger partial charge in [0.1, 0.15) is 0 Å². The average Bonchev–Trinajstić information content (AvgIpc) is 2.17. The van der Waals surface area contributed by atoms with Crippen LogP contribution < -0.4 is 4.24 Å². The Hall–Kier alpha value is -0.793. The first-order valence-corrected chi connectivity index (χ1v) is 5.90. The van der Waals surface area contributed by atoms with E-state index in [2.05, 4.69) is 0 Å². The minimum absolute atomic E-state index is 0.0382. The van der Waals surface area contributed by atoms with Crippen molar-refractivity contribution in [1.29, 1.82) is 0 Å². The second-order valence-electron chi connectivity index (χ2n) is 3.40. The van der Waals surface area contributed by atoms with Gasteiger partial charge < -0.3 is 0 Å². The van der Waals surface area contributed by atoms with Gasteiger partial charge in [0.05, 0.1) is 0 Å². The molecule has 0 aliphatic heterocycles. The van der Waals surface area contributed by atoms with Crippen molar-refractivity contribution < 1.29 is 13.0 Å². The van der Waals surface area contributed by atoms with Crippen LogP contribution in [0.15, 0.2) is 41.3 Å². The molecule has 2 aromatic carbocycles. The number of hydrogen-bond acceptors (Lipinski definition) is 2. The summed E-state index contributed by atoms with van der Waals surface area (Å²) in [6, 6.07) is 10.2. The third-order valence-corrected chi connectivity index (χ3v) is 3.29. The summed E-state index contributed by atoms with van der Waals surface area (Å²) in [5.41, 5.74) is 0. The van der Waals surface area contributed by atoms with Crippen LogP contribution in [0.25, 0.3) is 10.8 Å².